The fraction of sp³-hybridized carbons (Fsp3) is 0.185. The number of methoxy groups -OCH3 is 1. The summed E-state index contributed by atoms with van der Waals surface area (Å²) >= 11 is 0. The Morgan fingerprint density at radius 2 is 1.82 bits per heavy atom. The zero-order valence-corrected chi connectivity index (χ0v) is 18.8. The number of ether oxygens (including phenoxy) is 1. The number of hydrogen-bond acceptors (Lipinski definition) is 4. The number of aromatic nitrogens is 3. The van der Waals surface area contributed by atoms with Gasteiger partial charge in [-0.2, -0.15) is 0 Å². The van der Waals surface area contributed by atoms with Gasteiger partial charge in [0.25, 0.3) is 5.56 Å². The minimum atomic E-state index is -0.0840. The smallest absolute Gasteiger partial charge is 0.253 e. The molecular formula is C27H26N4O2. The molecule has 33 heavy (non-hydrogen) atoms. The van der Waals surface area contributed by atoms with Crippen molar-refractivity contribution in [3.05, 3.63) is 100 Å². The van der Waals surface area contributed by atoms with Gasteiger partial charge in [0.1, 0.15) is 11.6 Å². The van der Waals surface area contributed by atoms with Gasteiger partial charge in [-0.05, 0) is 60.5 Å². The van der Waals surface area contributed by atoms with Gasteiger partial charge < -0.3 is 19.6 Å². The van der Waals surface area contributed by atoms with Gasteiger partial charge in [0, 0.05) is 42.2 Å². The molecule has 0 aliphatic rings. The maximum absolute atomic E-state index is 12.4. The van der Waals surface area contributed by atoms with Crippen LogP contribution in [0.3, 0.4) is 0 Å². The van der Waals surface area contributed by atoms with Gasteiger partial charge in [-0.15, -0.1) is 0 Å². The lowest BCUT2D eigenvalue weighted by Crippen LogP contribution is -2.15. The highest BCUT2D eigenvalue weighted by Crippen LogP contribution is 2.20. The van der Waals surface area contributed by atoms with Crippen LogP contribution in [0.2, 0.25) is 0 Å². The number of anilines is 1. The molecule has 0 bridgehead atoms. The normalized spacial score (nSPS) is 11.2. The highest BCUT2D eigenvalue weighted by atomic mass is 16.5. The van der Waals surface area contributed by atoms with Crippen molar-refractivity contribution in [3.63, 3.8) is 0 Å². The van der Waals surface area contributed by atoms with Crippen molar-refractivity contribution in [2.24, 2.45) is 7.05 Å². The number of fused-ring (bicyclic) bond motifs is 2. The molecule has 0 unspecified atom stereocenters. The van der Waals surface area contributed by atoms with Crippen molar-refractivity contribution < 1.29 is 4.74 Å². The van der Waals surface area contributed by atoms with E-state index in [1.54, 1.807) is 7.11 Å². The summed E-state index contributed by atoms with van der Waals surface area (Å²) < 4.78 is 7.46. The summed E-state index contributed by atoms with van der Waals surface area (Å²) in [6.07, 6.45) is 1.80. The predicted molar refractivity (Wildman–Crippen MR) is 133 cm³/mol. The van der Waals surface area contributed by atoms with Crippen LogP contribution < -0.4 is 15.6 Å². The maximum Gasteiger partial charge on any atom is 0.253 e. The number of aromatic amines is 1. The lowest BCUT2D eigenvalue weighted by molar-refractivity contribution is 0.415. The highest BCUT2D eigenvalue weighted by Gasteiger charge is 2.08. The number of nitrogens with zero attached hydrogens (tertiary/aromatic N) is 2. The number of aryl methyl sites for hydroxylation is 3. The van der Waals surface area contributed by atoms with E-state index >= 15 is 0 Å². The van der Waals surface area contributed by atoms with Crippen LogP contribution >= 0.6 is 0 Å². The molecule has 166 valence electrons. The number of para-hydroxylation sites is 2. The molecule has 6 nitrogen and oxygen atoms in total. The Labute approximate surface area is 191 Å². The van der Waals surface area contributed by atoms with Crippen LogP contribution in [0.4, 0.5) is 5.69 Å². The monoisotopic (exact) mass is 438 g/mol. The first kappa shape index (κ1) is 20.8. The second-order valence-corrected chi connectivity index (χ2v) is 8.20. The van der Waals surface area contributed by atoms with E-state index < -0.39 is 0 Å². The van der Waals surface area contributed by atoms with Crippen molar-refractivity contribution in [2.45, 2.75) is 19.4 Å². The Kier molecular flexibility index (Phi) is 5.57. The first-order valence-corrected chi connectivity index (χ1v) is 11.0. The minimum Gasteiger partial charge on any atom is -0.497 e. The van der Waals surface area contributed by atoms with E-state index in [4.69, 9.17) is 9.72 Å². The molecule has 2 heterocycles. The van der Waals surface area contributed by atoms with Gasteiger partial charge in [0.05, 0.1) is 18.1 Å². The first-order valence-electron chi connectivity index (χ1n) is 11.0. The third-order valence-electron chi connectivity index (χ3n) is 6.08. The molecule has 5 aromatic rings. The number of hydrogen-bond donors (Lipinski definition) is 2. The molecule has 0 aliphatic heterocycles. The first-order chi connectivity index (χ1) is 16.1. The summed E-state index contributed by atoms with van der Waals surface area (Å²) in [6.45, 7) is 0.446. The standard InChI is InChI=1S/C27H26N4O2/c1-31-25-6-4-3-5-24(25)29-26(31)14-9-18-7-10-21(11-8-18)28-17-20-15-19-16-22(33-2)12-13-23(19)30-27(20)32/h3-8,10-13,15-16,28H,9,14,17H2,1-2H3,(H,30,32). The summed E-state index contributed by atoms with van der Waals surface area (Å²) in [5, 5.41) is 4.30. The molecule has 0 aliphatic carbocycles. The van der Waals surface area contributed by atoms with Gasteiger partial charge >= 0.3 is 0 Å². The summed E-state index contributed by atoms with van der Waals surface area (Å²) in [5.74, 6) is 1.85. The van der Waals surface area contributed by atoms with Crippen molar-refractivity contribution in [2.75, 3.05) is 12.4 Å². The molecule has 2 aromatic heterocycles. The van der Waals surface area contributed by atoms with Crippen molar-refractivity contribution in [3.8, 4) is 5.75 Å². The Morgan fingerprint density at radius 3 is 2.61 bits per heavy atom. The number of imidazole rings is 1. The van der Waals surface area contributed by atoms with E-state index in [0.717, 1.165) is 52.0 Å². The lowest BCUT2D eigenvalue weighted by Gasteiger charge is -2.09. The molecule has 6 heteroatoms. The molecule has 0 radical (unpaired) electrons. The number of H-pyrrole nitrogens is 1. The van der Waals surface area contributed by atoms with E-state index in [1.807, 2.05) is 36.4 Å². The summed E-state index contributed by atoms with van der Waals surface area (Å²) in [4.78, 5) is 20.1. The SMILES string of the molecule is COc1ccc2[nH]c(=O)c(CNc3ccc(CCc4nc5ccccc5n4C)cc3)cc2c1. The van der Waals surface area contributed by atoms with Crippen molar-refractivity contribution in [1.82, 2.24) is 14.5 Å². The molecule has 0 spiro atoms. The maximum atomic E-state index is 12.4. The van der Waals surface area contributed by atoms with Gasteiger partial charge in [0.15, 0.2) is 0 Å². The molecule has 0 saturated carbocycles. The van der Waals surface area contributed by atoms with Crippen LogP contribution in [0.15, 0.2) is 77.6 Å². The van der Waals surface area contributed by atoms with E-state index in [2.05, 4.69) is 58.3 Å². The van der Waals surface area contributed by atoms with Crippen LogP contribution in [0.25, 0.3) is 21.9 Å². The number of benzene rings is 3. The molecule has 0 atom stereocenters. The van der Waals surface area contributed by atoms with Crippen LogP contribution in [0.5, 0.6) is 5.75 Å². The topological polar surface area (TPSA) is 71.9 Å². The average molecular weight is 439 g/mol. The molecule has 0 amide bonds. The number of rotatable bonds is 7. The van der Waals surface area contributed by atoms with Gasteiger partial charge in [-0.25, -0.2) is 4.98 Å². The molecule has 5 rings (SSSR count). The van der Waals surface area contributed by atoms with Crippen LogP contribution in [0, 0.1) is 0 Å². The van der Waals surface area contributed by atoms with Crippen LogP contribution in [0.1, 0.15) is 17.0 Å². The van der Waals surface area contributed by atoms with Crippen molar-refractivity contribution in [1.29, 1.82) is 0 Å². The largest absolute Gasteiger partial charge is 0.497 e. The predicted octanol–water partition coefficient (Wildman–Crippen LogP) is 4.82. The molecule has 2 N–H and O–H groups in total. The molecule has 0 saturated heterocycles. The fourth-order valence-corrected chi connectivity index (χ4v) is 4.15. The second kappa shape index (κ2) is 8.82. The van der Waals surface area contributed by atoms with E-state index in [9.17, 15) is 4.79 Å². The molecular weight excluding hydrogens is 412 g/mol. The quantitative estimate of drug-likeness (QED) is 0.382. The summed E-state index contributed by atoms with van der Waals surface area (Å²) in [5.41, 5.74) is 5.83. The Morgan fingerprint density at radius 1 is 1.00 bits per heavy atom. The number of pyridine rings is 1. The van der Waals surface area contributed by atoms with Crippen molar-refractivity contribution >= 4 is 27.6 Å². The molecule has 0 fully saturated rings. The van der Waals surface area contributed by atoms with Gasteiger partial charge in [-0.3, -0.25) is 4.79 Å². The van der Waals surface area contributed by atoms with Gasteiger partial charge in [0.2, 0.25) is 0 Å². The van der Waals surface area contributed by atoms with Gasteiger partial charge in [-0.1, -0.05) is 24.3 Å². The van der Waals surface area contributed by atoms with Crippen LogP contribution in [-0.2, 0) is 26.4 Å². The number of nitrogens with one attached hydrogen (secondary N) is 2. The zero-order valence-electron chi connectivity index (χ0n) is 18.8. The highest BCUT2D eigenvalue weighted by molar-refractivity contribution is 5.80. The Hall–Kier alpha value is -4.06. The zero-order chi connectivity index (χ0) is 22.8. The molecule has 3 aromatic carbocycles. The van der Waals surface area contributed by atoms with Crippen LogP contribution in [-0.4, -0.2) is 21.6 Å². The van der Waals surface area contributed by atoms with E-state index in [0.29, 0.717) is 12.1 Å². The lowest BCUT2D eigenvalue weighted by atomic mass is 10.1. The third kappa shape index (κ3) is 4.32. The average Bonchev–Trinajstić information content (AvgIpc) is 3.17. The van der Waals surface area contributed by atoms with E-state index in [-0.39, 0.29) is 5.56 Å². The fourth-order valence-electron chi connectivity index (χ4n) is 4.15. The third-order valence-corrected chi connectivity index (χ3v) is 6.08. The summed E-state index contributed by atoms with van der Waals surface area (Å²) in [7, 11) is 3.71. The summed E-state index contributed by atoms with van der Waals surface area (Å²) in [6, 6.07) is 24.1. The minimum absolute atomic E-state index is 0.0840. The Bertz CT molecular complexity index is 1480. The van der Waals surface area contributed by atoms with E-state index in [1.165, 1.54) is 5.56 Å². The second-order valence-electron chi connectivity index (χ2n) is 8.20. The Balaban J connectivity index is 1.24.